The molecule has 126 valence electrons. The van der Waals surface area contributed by atoms with Gasteiger partial charge in [0.15, 0.2) is 0 Å². The van der Waals surface area contributed by atoms with Gasteiger partial charge < -0.3 is 15.2 Å². The van der Waals surface area contributed by atoms with Gasteiger partial charge in [-0.05, 0) is 55.7 Å². The molecular weight excluding hydrogens is 290 g/mol. The highest BCUT2D eigenvalue weighted by molar-refractivity contribution is 5.91. The Bertz CT molecular complexity index is 574. The molecule has 1 aromatic rings. The van der Waals surface area contributed by atoms with E-state index in [-0.39, 0.29) is 5.91 Å². The minimum absolute atomic E-state index is 0.0421. The number of hydrogen-bond acceptors (Lipinski definition) is 3. The van der Waals surface area contributed by atoms with E-state index in [1.54, 1.807) is 7.11 Å². The van der Waals surface area contributed by atoms with E-state index in [4.69, 9.17) is 4.74 Å². The molecule has 0 heterocycles. The number of aliphatic hydroxyl groups excluding tert-OH is 1. The molecule has 2 aliphatic rings. The van der Waals surface area contributed by atoms with Crippen LogP contribution in [-0.4, -0.2) is 30.8 Å². The molecule has 0 saturated heterocycles. The zero-order valence-corrected chi connectivity index (χ0v) is 14.1. The Morgan fingerprint density at radius 3 is 2.70 bits per heavy atom. The second kappa shape index (κ2) is 6.52. The lowest BCUT2D eigenvalue weighted by molar-refractivity contribution is -0.124. The molecule has 1 unspecified atom stereocenters. The van der Waals surface area contributed by atoms with E-state index in [0.29, 0.717) is 12.5 Å². The molecule has 2 aliphatic carbocycles. The molecular formula is C19H27NO3. The van der Waals surface area contributed by atoms with Crippen molar-refractivity contribution in [2.45, 2.75) is 57.0 Å². The molecule has 1 atom stereocenters. The molecule has 0 aliphatic heterocycles. The third kappa shape index (κ3) is 3.23. The van der Waals surface area contributed by atoms with Crippen LogP contribution >= 0.6 is 0 Å². The summed E-state index contributed by atoms with van der Waals surface area (Å²) in [6, 6.07) is 6.02. The van der Waals surface area contributed by atoms with Crippen LogP contribution in [0.5, 0.6) is 5.75 Å². The van der Waals surface area contributed by atoms with Crippen LogP contribution in [0.1, 0.15) is 49.7 Å². The quantitative estimate of drug-likeness (QED) is 0.848. The minimum atomic E-state index is -0.420. The van der Waals surface area contributed by atoms with E-state index in [2.05, 4.69) is 5.32 Å². The smallest absolute Gasteiger partial charge is 0.230 e. The number of rotatable bonds is 6. The van der Waals surface area contributed by atoms with Gasteiger partial charge >= 0.3 is 0 Å². The Morgan fingerprint density at radius 2 is 2.09 bits per heavy atom. The van der Waals surface area contributed by atoms with Gasteiger partial charge in [0.1, 0.15) is 5.75 Å². The molecule has 0 bridgehead atoms. The summed E-state index contributed by atoms with van der Waals surface area (Å²) in [5, 5.41) is 13.2. The number of carbonyl (C=O) groups excluding carboxylic acids is 1. The molecule has 3 rings (SSSR count). The maximum atomic E-state index is 12.7. The van der Waals surface area contributed by atoms with Crippen molar-refractivity contribution in [3.63, 3.8) is 0 Å². The number of carbonyl (C=O) groups is 1. The van der Waals surface area contributed by atoms with Crippen LogP contribution in [0.4, 0.5) is 0 Å². The van der Waals surface area contributed by atoms with E-state index in [9.17, 15) is 9.90 Å². The maximum Gasteiger partial charge on any atom is 0.230 e. The van der Waals surface area contributed by atoms with Crippen LogP contribution in [0.3, 0.4) is 0 Å². The molecule has 4 nitrogen and oxygen atoms in total. The average molecular weight is 317 g/mol. The summed E-state index contributed by atoms with van der Waals surface area (Å²) in [5.41, 5.74) is 1.67. The number of ether oxygens (including phenoxy) is 1. The third-order valence-electron chi connectivity index (χ3n) is 5.56. The highest BCUT2D eigenvalue weighted by Crippen LogP contribution is 2.49. The molecule has 1 aromatic carbocycles. The first kappa shape index (κ1) is 16.3. The predicted molar refractivity (Wildman–Crippen MR) is 89.6 cm³/mol. The summed E-state index contributed by atoms with van der Waals surface area (Å²) in [5.74, 6) is 1.22. The molecule has 2 N–H and O–H groups in total. The monoisotopic (exact) mass is 317 g/mol. The van der Waals surface area contributed by atoms with Gasteiger partial charge in [-0.2, -0.15) is 0 Å². The number of hydrogen-bond donors (Lipinski definition) is 2. The Hall–Kier alpha value is -1.55. The van der Waals surface area contributed by atoms with E-state index < -0.39 is 11.5 Å². The molecule has 4 heteroatoms. The molecule has 23 heavy (non-hydrogen) atoms. The van der Waals surface area contributed by atoms with Crippen LogP contribution in [0, 0.1) is 12.8 Å². The minimum Gasteiger partial charge on any atom is -0.496 e. The van der Waals surface area contributed by atoms with E-state index in [1.807, 2.05) is 25.1 Å². The normalized spacial score (nSPS) is 21.0. The maximum absolute atomic E-state index is 12.7. The van der Waals surface area contributed by atoms with Gasteiger partial charge in [-0.3, -0.25) is 4.79 Å². The summed E-state index contributed by atoms with van der Waals surface area (Å²) in [6.45, 7) is 2.37. The summed E-state index contributed by atoms with van der Waals surface area (Å²) in [6.07, 6.45) is 5.87. The number of nitrogens with one attached hydrogen (secondary N) is 1. The average Bonchev–Trinajstić information content (AvgIpc) is 3.19. The van der Waals surface area contributed by atoms with Crippen molar-refractivity contribution in [3.05, 3.63) is 29.3 Å². The summed E-state index contributed by atoms with van der Waals surface area (Å²) >= 11 is 0. The largest absolute Gasteiger partial charge is 0.496 e. The Morgan fingerprint density at radius 1 is 1.39 bits per heavy atom. The fourth-order valence-corrected chi connectivity index (χ4v) is 3.76. The number of amides is 1. The van der Waals surface area contributed by atoms with Gasteiger partial charge in [-0.25, -0.2) is 0 Å². The van der Waals surface area contributed by atoms with Crippen LogP contribution in [0.15, 0.2) is 18.2 Å². The SMILES string of the molecule is COc1cc(C2(C(=O)NCC(O)C3CCCC3)CC2)ccc1C. The van der Waals surface area contributed by atoms with Crippen molar-refractivity contribution in [2.24, 2.45) is 5.92 Å². The van der Waals surface area contributed by atoms with Crippen LogP contribution in [-0.2, 0) is 10.2 Å². The fourth-order valence-electron chi connectivity index (χ4n) is 3.76. The van der Waals surface area contributed by atoms with Gasteiger partial charge in [0.25, 0.3) is 0 Å². The lowest BCUT2D eigenvalue weighted by atomic mass is 9.93. The van der Waals surface area contributed by atoms with Crippen molar-refractivity contribution < 1.29 is 14.6 Å². The summed E-state index contributed by atoms with van der Waals surface area (Å²) in [4.78, 5) is 12.7. The Labute approximate surface area is 138 Å². The first-order valence-corrected chi connectivity index (χ1v) is 8.68. The lowest BCUT2D eigenvalue weighted by Gasteiger charge is -2.21. The number of benzene rings is 1. The van der Waals surface area contributed by atoms with Crippen molar-refractivity contribution >= 4 is 5.91 Å². The topological polar surface area (TPSA) is 58.6 Å². The fraction of sp³-hybridized carbons (Fsp3) is 0.632. The molecule has 0 radical (unpaired) electrons. The Kier molecular flexibility index (Phi) is 4.62. The van der Waals surface area contributed by atoms with Gasteiger partial charge in [0.2, 0.25) is 5.91 Å². The van der Waals surface area contributed by atoms with Gasteiger partial charge in [0.05, 0.1) is 18.6 Å². The van der Waals surface area contributed by atoms with Crippen molar-refractivity contribution in [3.8, 4) is 5.75 Å². The second-order valence-electron chi connectivity index (χ2n) is 7.09. The first-order valence-electron chi connectivity index (χ1n) is 8.68. The molecule has 2 fully saturated rings. The second-order valence-corrected chi connectivity index (χ2v) is 7.09. The van der Waals surface area contributed by atoms with E-state index in [0.717, 1.165) is 42.6 Å². The number of aliphatic hydroxyl groups is 1. The van der Waals surface area contributed by atoms with Crippen LogP contribution < -0.4 is 10.1 Å². The van der Waals surface area contributed by atoms with E-state index >= 15 is 0 Å². The molecule has 1 amide bonds. The van der Waals surface area contributed by atoms with Crippen molar-refractivity contribution in [2.75, 3.05) is 13.7 Å². The summed E-state index contributed by atoms with van der Waals surface area (Å²) < 4.78 is 5.38. The Balaban J connectivity index is 1.64. The number of aryl methyl sites for hydroxylation is 1. The first-order chi connectivity index (χ1) is 11.1. The standard InChI is InChI=1S/C19H27NO3/c1-13-7-8-15(11-17(13)23-2)19(9-10-19)18(22)20-12-16(21)14-5-3-4-6-14/h7-8,11,14,16,21H,3-6,9-10,12H2,1-2H3,(H,20,22). The lowest BCUT2D eigenvalue weighted by Crippen LogP contribution is -2.41. The van der Waals surface area contributed by atoms with Crippen LogP contribution in [0.2, 0.25) is 0 Å². The highest BCUT2D eigenvalue weighted by Gasteiger charge is 2.51. The number of methoxy groups -OCH3 is 1. The molecule has 0 spiro atoms. The van der Waals surface area contributed by atoms with Gasteiger partial charge in [-0.15, -0.1) is 0 Å². The van der Waals surface area contributed by atoms with Gasteiger partial charge in [-0.1, -0.05) is 25.0 Å². The summed E-state index contributed by atoms with van der Waals surface area (Å²) in [7, 11) is 1.66. The van der Waals surface area contributed by atoms with E-state index in [1.165, 1.54) is 12.8 Å². The third-order valence-corrected chi connectivity index (χ3v) is 5.56. The van der Waals surface area contributed by atoms with Gasteiger partial charge in [0, 0.05) is 6.54 Å². The molecule has 0 aromatic heterocycles. The highest BCUT2D eigenvalue weighted by atomic mass is 16.5. The zero-order chi connectivity index (χ0) is 16.4. The predicted octanol–water partition coefficient (Wildman–Crippen LogP) is 2.70. The molecule has 2 saturated carbocycles. The zero-order valence-electron chi connectivity index (χ0n) is 14.1. The van der Waals surface area contributed by atoms with Crippen molar-refractivity contribution in [1.29, 1.82) is 0 Å². The van der Waals surface area contributed by atoms with Crippen LogP contribution in [0.25, 0.3) is 0 Å². The van der Waals surface area contributed by atoms with Crippen molar-refractivity contribution in [1.82, 2.24) is 5.32 Å².